The van der Waals surface area contributed by atoms with Gasteiger partial charge in [-0.2, -0.15) is 0 Å². The molecule has 2 bridgehead atoms. The molecule has 3 unspecified atom stereocenters. The molecule has 4 aliphatic carbocycles. The lowest BCUT2D eigenvalue weighted by atomic mass is 9.67. The van der Waals surface area contributed by atoms with Gasteiger partial charge in [-0.3, -0.25) is 0 Å². The van der Waals surface area contributed by atoms with Crippen molar-refractivity contribution in [1.29, 1.82) is 0 Å². The molecule has 2 saturated carbocycles. The molecular formula is C41H36FN. The van der Waals surface area contributed by atoms with Crippen LogP contribution in [0.5, 0.6) is 0 Å². The monoisotopic (exact) mass is 561 g/mol. The number of aryl methyl sites for hydroxylation is 1. The Labute approximate surface area is 254 Å². The Morgan fingerprint density at radius 3 is 1.88 bits per heavy atom. The molecule has 0 N–H and O–H groups in total. The summed E-state index contributed by atoms with van der Waals surface area (Å²) in [6, 6.07) is 37.6. The number of halogens is 1. The van der Waals surface area contributed by atoms with Crippen molar-refractivity contribution >= 4 is 17.1 Å². The fraction of sp³-hybridized carbons (Fsp3) is 0.268. The number of hydrogen-bond donors (Lipinski definition) is 0. The van der Waals surface area contributed by atoms with Crippen molar-refractivity contribution in [3.05, 3.63) is 137 Å². The zero-order valence-electron chi connectivity index (χ0n) is 25.1. The first kappa shape index (κ1) is 25.3. The second-order valence-electron chi connectivity index (χ2n) is 14.0. The van der Waals surface area contributed by atoms with Crippen molar-refractivity contribution in [3.63, 3.8) is 0 Å². The molecule has 5 aromatic carbocycles. The van der Waals surface area contributed by atoms with E-state index in [2.05, 4.69) is 104 Å². The Balaban J connectivity index is 1.25. The molecule has 212 valence electrons. The van der Waals surface area contributed by atoms with Crippen molar-refractivity contribution in [3.8, 4) is 22.3 Å². The number of nitrogens with zero attached hydrogens (tertiary/aromatic N) is 1. The molecule has 2 fully saturated rings. The highest BCUT2D eigenvalue weighted by molar-refractivity contribution is 5.88. The van der Waals surface area contributed by atoms with Crippen LogP contribution in [0.3, 0.4) is 0 Å². The van der Waals surface area contributed by atoms with Crippen LogP contribution in [0.4, 0.5) is 21.5 Å². The third-order valence-corrected chi connectivity index (χ3v) is 11.5. The number of benzene rings is 5. The summed E-state index contributed by atoms with van der Waals surface area (Å²) in [5.74, 6) is 1.36. The average Bonchev–Trinajstić information content (AvgIpc) is 3.76. The predicted molar refractivity (Wildman–Crippen MR) is 175 cm³/mol. The number of anilines is 3. The first-order valence-corrected chi connectivity index (χ1v) is 15.9. The van der Waals surface area contributed by atoms with Crippen LogP contribution in [-0.4, -0.2) is 0 Å². The van der Waals surface area contributed by atoms with Gasteiger partial charge in [-0.05, 0) is 131 Å². The lowest BCUT2D eigenvalue weighted by Crippen LogP contribution is -2.32. The quantitative estimate of drug-likeness (QED) is 0.212. The lowest BCUT2D eigenvalue weighted by Gasteiger charge is -2.37. The van der Waals surface area contributed by atoms with Crippen LogP contribution >= 0.6 is 0 Å². The Kier molecular flexibility index (Phi) is 5.12. The van der Waals surface area contributed by atoms with E-state index < -0.39 is 0 Å². The first-order chi connectivity index (χ1) is 20.9. The zero-order valence-corrected chi connectivity index (χ0v) is 25.1. The number of fused-ring (bicyclic) bond motifs is 11. The molecule has 4 aliphatic rings. The van der Waals surface area contributed by atoms with Gasteiger partial charge in [0.15, 0.2) is 0 Å². The molecule has 5 aromatic rings. The van der Waals surface area contributed by atoms with Crippen LogP contribution in [-0.2, 0) is 10.8 Å². The maximum atomic E-state index is 14.6. The molecule has 0 saturated heterocycles. The molecule has 43 heavy (non-hydrogen) atoms. The van der Waals surface area contributed by atoms with Crippen molar-refractivity contribution in [2.24, 2.45) is 11.8 Å². The maximum absolute atomic E-state index is 14.6. The van der Waals surface area contributed by atoms with Crippen molar-refractivity contribution in [1.82, 2.24) is 0 Å². The molecule has 0 heterocycles. The average molecular weight is 562 g/mol. The van der Waals surface area contributed by atoms with E-state index in [4.69, 9.17) is 0 Å². The number of hydrogen-bond acceptors (Lipinski definition) is 1. The van der Waals surface area contributed by atoms with Gasteiger partial charge < -0.3 is 4.90 Å². The summed E-state index contributed by atoms with van der Waals surface area (Å²) in [6.45, 7) is 6.53. The van der Waals surface area contributed by atoms with Gasteiger partial charge in [0.2, 0.25) is 0 Å². The van der Waals surface area contributed by atoms with E-state index in [-0.39, 0.29) is 16.6 Å². The molecule has 3 atom stereocenters. The van der Waals surface area contributed by atoms with Gasteiger partial charge in [-0.1, -0.05) is 80.9 Å². The van der Waals surface area contributed by atoms with Gasteiger partial charge in [0.25, 0.3) is 0 Å². The predicted octanol–water partition coefficient (Wildman–Crippen LogP) is 11.0. The van der Waals surface area contributed by atoms with Crippen LogP contribution in [0.2, 0.25) is 0 Å². The summed E-state index contributed by atoms with van der Waals surface area (Å²) in [5, 5.41) is 0. The topological polar surface area (TPSA) is 3.24 Å². The summed E-state index contributed by atoms with van der Waals surface area (Å²) in [6.07, 6.45) is 5.30. The van der Waals surface area contributed by atoms with E-state index in [1.165, 1.54) is 70.2 Å². The Bertz CT molecular complexity index is 1970. The van der Waals surface area contributed by atoms with Crippen LogP contribution in [0.25, 0.3) is 22.3 Å². The summed E-state index contributed by atoms with van der Waals surface area (Å²) >= 11 is 0. The maximum Gasteiger partial charge on any atom is 0.126 e. The van der Waals surface area contributed by atoms with Crippen molar-refractivity contribution < 1.29 is 4.39 Å². The molecule has 0 aromatic heterocycles. The zero-order chi connectivity index (χ0) is 29.1. The Morgan fingerprint density at radius 1 is 0.628 bits per heavy atom. The van der Waals surface area contributed by atoms with Crippen molar-refractivity contribution in [2.75, 3.05) is 4.90 Å². The van der Waals surface area contributed by atoms with Gasteiger partial charge in [-0.15, -0.1) is 0 Å². The standard InChI is InChI=1S/C41H36FN/c1-25-20-28(16-19-39(25)42)43(29-14-17-33-31-8-4-6-10-35(31)40(2,3)37(33)22-29)30-15-18-34-32-9-5-7-11-36(32)41(38(34)23-30)24-26-12-13-27(41)21-26/h4-11,14-20,22-23,26-27H,12-13,21,24H2,1-3H3. The molecule has 1 nitrogen and oxygen atoms in total. The normalized spacial score (nSPS) is 23.3. The SMILES string of the molecule is Cc1cc(N(c2ccc3c(c2)C(C)(C)c2ccccc2-3)c2ccc3c(c2)C2(CC4CCC2C4)c2ccccc2-3)ccc1F. The molecule has 2 heteroatoms. The highest BCUT2D eigenvalue weighted by Crippen LogP contribution is 2.66. The minimum absolute atomic E-state index is 0.0982. The van der Waals surface area contributed by atoms with Crippen molar-refractivity contribution in [2.45, 2.75) is 57.3 Å². The lowest BCUT2D eigenvalue weighted by molar-refractivity contribution is 0.327. The minimum atomic E-state index is -0.167. The van der Waals surface area contributed by atoms with Crippen LogP contribution in [0.1, 0.15) is 67.3 Å². The van der Waals surface area contributed by atoms with Gasteiger partial charge in [0.05, 0.1) is 0 Å². The third-order valence-electron chi connectivity index (χ3n) is 11.5. The van der Waals surface area contributed by atoms with Crippen LogP contribution in [0.15, 0.2) is 103 Å². The molecule has 0 radical (unpaired) electrons. The van der Waals surface area contributed by atoms with E-state index in [9.17, 15) is 4.39 Å². The second kappa shape index (κ2) is 8.69. The largest absolute Gasteiger partial charge is 0.310 e. The van der Waals surface area contributed by atoms with Gasteiger partial charge >= 0.3 is 0 Å². The molecule has 1 spiro atoms. The summed E-state index contributed by atoms with van der Waals surface area (Å²) in [7, 11) is 0. The molecular weight excluding hydrogens is 525 g/mol. The second-order valence-corrected chi connectivity index (χ2v) is 14.0. The first-order valence-electron chi connectivity index (χ1n) is 15.9. The summed E-state index contributed by atoms with van der Waals surface area (Å²) in [5.41, 5.74) is 15.1. The third kappa shape index (κ3) is 3.33. The molecule has 9 rings (SSSR count). The van der Waals surface area contributed by atoms with Gasteiger partial charge in [0, 0.05) is 27.9 Å². The van der Waals surface area contributed by atoms with Gasteiger partial charge in [-0.25, -0.2) is 4.39 Å². The van der Waals surface area contributed by atoms with E-state index in [0.29, 0.717) is 11.5 Å². The van der Waals surface area contributed by atoms with E-state index in [1.807, 2.05) is 19.1 Å². The number of rotatable bonds is 3. The summed E-state index contributed by atoms with van der Waals surface area (Å²) < 4.78 is 14.6. The Morgan fingerprint density at radius 2 is 1.21 bits per heavy atom. The Hall–Kier alpha value is -4.17. The minimum Gasteiger partial charge on any atom is -0.310 e. The molecule has 0 amide bonds. The van der Waals surface area contributed by atoms with E-state index in [0.717, 1.165) is 23.0 Å². The fourth-order valence-electron chi connectivity index (χ4n) is 9.56. The highest BCUT2D eigenvalue weighted by atomic mass is 19.1. The summed E-state index contributed by atoms with van der Waals surface area (Å²) in [4.78, 5) is 2.36. The van der Waals surface area contributed by atoms with Crippen LogP contribution < -0.4 is 4.90 Å². The highest BCUT2D eigenvalue weighted by Gasteiger charge is 2.56. The fourth-order valence-corrected chi connectivity index (χ4v) is 9.56. The smallest absolute Gasteiger partial charge is 0.126 e. The molecule has 0 aliphatic heterocycles. The van der Waals surface area contributed by atoms with Gasteiger partial charge in [0.1, 0.15) is 5.82 Å². The van der Waals surface area contributed by atoms with Crippen LogP contribution in [0, 0.1) is 24.6 Å². The van der Waals surface area contributed by atoms with E-state index >= 15 is 0 Å². The van der Waals surface area contributed by atoms with E-state index in [1.54, 1.807) is 6.07 Å².